The molecule has 2 heterocycles. The van der Waals surface area contributed by atoms with Crippen molar-refractivity contribution in [3.63, 3.8) is 0 Å². The van der Waals surface area contributed by atoms with E-state index in [0.717, 1.165) is 12.3 Å². The van der Waals surface area contributed by atoms with Gasteiger partial charge in [-0.2, -0.15) is 13.2 Å². The summed E-state index contributed by atoms with van der Waals surface area (Å²) in [5.41, 5.74) is -0.302. The van der Waals surface area contributed by atoms with Crippen molar-refractivity contribution >= 4 is 5.65 Å². The van der Waals surface area contributed by atoms with Crippen LogP contribution in [0.5, 0.6) is 0 Å². The van der Waals surface area contributed by atoms with Crippen molar-refractivity contribution in [3.8, 4) is 0 Å². The van der Waals surface area contributed by atoms with E-state index < -0.39 is 11.7 Å². The van der Waals surface area contributed by atoms with Crippen LogP contribution < -0.4 is 5.32 Å². The van der Waals surface area contributed by atoms with Gasteiger partial charge < -0.3 is 5.32 Å². The summed E-state index contributed by atoms with van der Waals surface area (Å²) in [7, 11) is 0. The van der Waals surface area contributed by atoms with Gasteiger partial charge in [-0.1, -0.05) is 13.8 Å². The van der Waals surface area contributed by atoms with E-state index in [0.29, 0.717) is 18.0 Å². The van der Waals surface area contributed by atoms with Crippen LogP contribution >= 0.6 is 0 Å². The number of nitrogens with zero attached hydrogens (tertiary/aromatic N) is 3. The Labute approximate surface area is 102 Å². The lowest BCUT2D eigenvalue weighted by molar-refractivity contribution is -0.137. The second kappa shape index (κ2) is 4.56. The van der Waals surface area contributed by atoms with Crippen LogP contribution in [0.3, 0.4) is 0 Å². The Morgan fingerprint density at radius 2 is 2.00 bits per heavy atom. The zero-order valence-corrected chi connectivity index (χ0v) is 9.99. The molecule has 0 unspecified atom stereocenters. The monoisotopic (exact) mass is 258 g/mol. The van der Waals surface area contributed by atoms with E-state index in [1.165, 1.54) is 10.5 Å². The van der Waals surface area contributed by atoms with Gasteiger partial charge in [0.05, 0.1) is 12.1 Å². The third kappa shape index (κ3) is 2.61. The maximum atomic E-state index is 12.6. The summed E-state index contributed by atoms with van der Waals surface area (Å²) in [5, 5.41) is 10.8. The number of hydrogen-bond donors (Lipinski definition) is 1. The van der Waals surface area contributed by atoms with Crippen LogP contribution in [0.4, 0.5) is 13.2 Å². The molecule has 98 valence electrons. The van der Waals surface area contributed by atoms with Crippen molar-refractivity contribution < 1.29 is 13.2 Å². The molecule has 0 radical (unpaired) electrons. The van der Waals surface area contributed by atoms with E-state index in [1.807, 2.05) is 13.8 Å². The summed E-state index contributed by atoms with van der Waals surface area (Å²) in [6, 6.07) is 2.54. The minimum absolute atomic E-state index is 0.225. The average Bonchev–Trinajstić information content (AvgIpc) is 2.67. The first kappa shape index (κ1) is 12.8. The zero-order chi connectivity index (χ0) is 13.3. The smallest absolute Gasteiger partial charge is 0.308 e. The predicted molar refractivity (Wildman–Crippen MR) is 60.0 cm³/mol. The molecule has 0 fully saturated rings. The van der Waals surface area contributed by atoms with Crippen molar-refractivity contribution in [1.82, 2.24) is 19.9 Å². The highest BCUT2D eigenvalue weighted by Crippen LogP contribution is 2.29. The molecule has 0 bridgehead atoms. The van der Waals surface area contributed by atoms with E-state index in [2.05, 4.69) is 15.5 Å². The lowest BCUT2D eigenvalue weighted by atomic mass is 10.3. The van der Waals surface area contributed by atoms with Gasteiger partial charge in [0, 0.05) is 12.2 Å². The first-order valence-corrected chi connectivity index (χ1v) is 5.52. The standard InChI is InChI=1S/C11H13F3N4/c1-7(2)15-5-10-17-16-9-4-3-8(6-18(9)10)11(12,13)14/h3-4,6-7,15H,5H2,1-2H3. The Hall–Kier alpha value is -1.63. The highest BCUT2D eigenvalue weighted by molar-refractivity contribution is 5.40. The van der Waals surface area contributed by atoms with E-state index >= 15 is 0 Å². The molecule has 7 heteroatoms. The van der Waals surface area contributed by atoms with Crippen molar-refractivity contribution in [3.05, 3.63) is 29.7 Å². The maximum absolute atomic E-state index is 12.6. The number of alkyl halides is 3. The van der Waals surface area contributed by atoms with Crippen LogP contribution in [0.1, 0.15) is 25.2 Å². The number of halogens is 3. The van der Waals surface area contributed by atoms with Crippen LogP contribution in [0.2, 0.25) is 0 Å². The van der Waals surface area contributed by atoms with Crippen LogP contribution in [0, 0.1) is 0 Å². The molecule has 0 saturated heterocycles. The molecule has 2 rings (SSSR count). The molecule has 18 heavy (non-hydrogen) atoms. The highest BCUT2D eigenvalue weighted by atomic mass is 19.4. The van der Waals surface area contributed by atoms with Crippen LogP contribution in [-0.2, 0) is 12.7 Å². The Balaban J connectivity index is 2.37. The third-order valence-electron chi connectivity index (χ3n) is 2.47. The molecule has 4 nitrogen and oxygen atoms in total. The third-order valence-corrected chi connectivity index (χ3v) is 2.47. The Morgan fingerprint density at radius 1 is 1.28 bits per heavy atom. The van der Waals surface area contributed by atoms with Crippen molar-refractivity contribution in [1.29, 1.82) is 0 Å². The quantitative estimate of drug-likeness (QED) is 0.918. The second-order valence-electron chi connectivity index (χ2n) is 4.30. The van der Waals surface area contributed by atoms with Gasteiger partial charge in [-0.25, -0.2) is 0 Å². The van der Waals surface area contributed by atoms with E-state index in [4.69, 9.17) is 0 Å². The van der Waals surface area contributed by atoms with Gasteiger partial charge in [-0.3, -0.25) is 4.40 Å². The van der Waals surface area contributed by atoms with Gasteiger partial charge in [0.15, 0.2) is 11.5 Å². The first-order valence-electron chi connectivity index (χ1n) is 5.52. The molecule has 0 saturated carbocycles. The number of nitrogens with one attached hydrogen (secondary N) is 1. The highest BCUT2D eigenvalue weighted by Gasteiger charge is 2.31. The van der Waals surface area contributed by atoms with E-state index in [1.54, 1.807) is 0 Å². The largest absolute Gasteiger partial charge is 0.417 e. The fraction of sp³-hybridized carbons (Fsp3) is 0.455. The summed E-state index contributed by atoms with van der Waals surface area (Å²) in [6.45, 7) is 4.27. The summed E-state index contributed by atoms with van der Waals surface area (Å²) < 4.78 is 39.2. The molecule has 0 atom stereocenters. The van der Waals surface area contributed by atoms with Gasteiger partial charge in [-0.15, -0.1) is 10.2 Å². The molecule has 0 aliphatic rings. The van der Waals surface area contributed by atoms with Gasteiger partial charge in [0.2, 0.25) is 0 Å². The van der Waals surface area contributed by atoms with Crippen molar-refractivity contribution in [2.75, 3.05) is 0 Å². The fourth-order valence-electron chi connectivity index (χ4n) is 1.52. The van der Waals surface area contributed by atoms with Crippen LogP contribution in [0.15, 0.2) is 18.3 Å². The molecular weight excluding hydrogens is 245 g/mol. The Bertz CT molecular complexity index is 545. The van der Waals surface area contributed by atoms with Crippen molar-refractivity contribution in [2.45, 2.75) is 32.6 Å². The molecular formula is C11H13F3N4. The van der Waals surface area contributed by atoms with Gasteiger partial charge in [0.1, 0.15) is 0 Å². The number of rotatable bonds is 3. The van der Waals surface area contributed by atoms with Crippen LogP contribution in [-0.4, -0.2) is 20.6 Å². The maximum Gasteiger partial charge on any atom is 0.417 e. The summed E-state index contributed by atoms with van der Waals surface area (Å²) >= 11 is 0. The molecule has 0 aliphatic carbocycles. The molecule has 0 amide bonds. The van der Waals surface area contributed by atoms with E-state index in [-0.39, 0.29) is 6.04 Å². The minimum atomic E-state index is -4.36. The summed E-state index contributed by atoms with van der Waals surface area (Å²) in [5.74, 6) is 0.463. The van der Waals surface area contributed by atoms with Crippen molar-refractivity contribution in [2.24, 2.45) is 0 Å². The molecule has 2 aromatic heterocycles. The molecule has 2 aromatic rings. The van der Waals surface area contributed by atoms with E-state index in [9.17, 15) is 13.2 Å². The van der Waals surface area contributed by atoms with Gasteiger partial charge in [0.25, 0.3) is 0 Å². The fourth-order valence-corrected chi connectivity index (χ4v) is 1.52. The van der Waals surface area contributed by atoms with Gasteiger partial charge in [-0.05, 0) is 12.1 Å². The Kier molecular flexibility index (Phi) is 3.25. The number of pyridine rings is 1. The molecule has 0 aromatic carbocycles. The topological polar surface area (TPSA) is 42.2 Å². The minimum Gasteiger partial charge on any atom is -0.308 e. The molecule has 0 spiro atoms. The molecule has 0 aliphatic heterocycles. The van der Waals surface area contributed by atoms with Gasteiger partial charge >= 0.3 is 6.18 Å². The second-order valence-corrected chi connectivity index (χ2v) is 4.30. The zero-order valence-electron chi connectivity index (χ0n) is 9.99. The lowest BCUT2D eigenvalue weighted by Gasteiger charge is -2.09. The molecule has 1 N–H and O–H groups in total. The lowest BCUT2D eigenvalue weighted by Crippen LogP contribution is -2.23. The predicted octanol–water partition coefficient (Wildman–Crippen LogP) is 2.25. The average molecular weight is 258 g/mol. The first-order chi connectivity index (χ1) is 8.38. The number of aromatic nitrogens is 3. The Morgan fingerprint density at radius 3 is 2.61 bits per heavy atom. The SMILES string of the molecule is CC(C)NCc1nnc2ccc(C(F)(F)F)cn12. The van der Waals surface area contributed by atoms with Crippen LogP contribution in [0.25, 0.3) is 5.65 Å². The summed E-state index contributed by atoms with van der Waals surface area (Å²) in [4.78, 5) is 0. The number of hydrogen-bond acceptors (Lipinski definition) is 3. The normalized spacial score (nSPS) is 12.6. The number of fused-ring (bicyclic) bond motifs is 1. The summed E-state index contributed by atoms with van der Waals surface area (Å²) in [6.07, 6.45) is -3.34.